The van der Waals surface area contributed by atoms with Crippen LogP contribution >= 0.6 is 0 Å². The second-order valence-corrected chi connectivity index (χ2v) is 12.0. The Bertz CT molecular complexity index is 1550. The van der Waals surface area contributed by atoms with Gasteiger partial charge in [0, 0.05) is 49.2 Å². The lowest BCUT2D eigenvalue weighted by Crippen LogP contribution is -2.57. The van der Waals surface area contributed by atoms with E-state index in [0.717, 1.165) is 12.1 Å². The van der Waals surface area contributed by atoms with E-state index in [4.69, 9.17) is 0 Å². The molecule has 1 aliphatic rings. The van der Waals surface area contributed by atoms with E-state index in [1.807, 2.05) is 24.7 Å². The third-order valence-corrected chi connectivity index (χ3v) is 9.09. The van der Waals surface area contributed by atoms with Crippen molar-refractivity contribution in [1.82, 2.24) is 14.5 Å². The van der Waals surface area contributed by atoms with Crippen LogP contribution in [0.1, 0.15) is 56.2 Å². The van der Waals surface area contributed by atoms with E-state index < -0.39 is 46.1 Å². The maximum absolute atomic E-state index is 13.3. The molecule has 11 heteroatoms. The number of nitrogens with zero attached hydrogens (tertiary/aromatic N) is 5. The number of hydrogen-bond acceptors (Lipinski definition) is 7. The second kappa shape index (κ2) is 14.4. The number of carboxylic acid groups (broad SMARTS) is 2. The second-order valence-electron chi connectivity index (χ2n) is 12.0. The highest BCUT2D eigenvalue weighted by Crippen LogP contribution is 2.54. The van der Waals surface area contributed by atoms with Crippen molar-refractivity contribution in [3.63, 3.8) is 0 Å². The molecule has 11 nitrogen and oxygen atoms in total. The van der Waals surface area contributed by atoms with Crippen molar-refractivity contribution < 1.29 is 24.7 Å². The maximum atomic E-state index is 13.3. The summed E-state index contributed by atoms with van der Waals surface area (Å²) >= 11 is 0. The summed E-state index contributed by atoms with van der Waals surface area (Å²) in [6, 6.07) is 13.3. The van der Waals surface area contributed by atoms with Crippen molar-refractivity contribution in [2.75, 3.05) is 20.1 Å². The van der Waals surface area contributed by atoms with Gasteiger partial charge in [0.25, 0.3) is 5.69 Å². The molecular weight excluding hydrogens is 574 g/mol. The Labute approximate surface area is 263 Å². The molecule has 0 fully saturated rings. The molecule has 2 aromatic carbocycles. The number of hydrogen-bond donors (Lipinski definition) is 2. The lowest BCUT2D eigenvalue weighted by molar-refractivity contribution is -0.385. The molecule has 0 bridgehead atoms. The van der Waals surface area contributed by atoms with E-state index in [2.05, 4.69) is 51.3 Å². The lowest BCUT2D eigenvalue weighted by Gasteiger charge is -2.49. The highest BCUT2D eigenvalue weighted by atomic mass is 16.6. The van der Waals surface area contributed by atoms with Crippen LogP contribution in [0.4, 0.5) is 5.69 Å². The number of nitro benzene ring substituents is 1. The zero-order valence-electron chi connectivity index (χ0n) is 26.1. The fourth-order valence-corrected chi connectivity index (χ4v) is 6.82. The first-order valence-corrected chi connectivity index (χ1v) is 15.1. The number of nitro groups is 1. The van der Waals surface area contributed by atoms with Gasteiger partial charge in [0.2, 0.25) is 0 Å². The first kappa shape index (κ1) is 33.3. The summed E-state index contributed by atoms with van der Waals surface area (Å²) < 4.78 is 2.01. The molecule has 3 aromatic rings. The van der Waals surface area contributed by atoms with E-state index in [-0.39, 0.29) is 5.69 Å². The van der Waals surface area contributed by atoms with Crippen LogP contribution in [0, 0.1) is 27.4 Å². The number of likely N-dealkylation sites (N-methyl/N-ethyl adjacent to an activating group) is 1. The van der Waals surface area contributed by atoms with Gasteiger partial charge >= 0.3 is 11.9 Å². The van der Waals surface area contributed by atoms with E-state index >= 15 is 0 Å². The summed E-state index contributed by atoms with van der Waals surface area (Å²) in [5.41, 5.74) is 1.12. The summed E-state index contributed by atoms with van der Waals surface area (Å²) in [5.74, 6) is -5.08. The molecule has 5 unspecified atom stereocenters. The van der Waals surface area contributed by atoms with Crippen molar-refractivity contribution in [3.05, 3.63) is 100 Å². The number of rotatable bonds is 14. The number of carbonyl (C=O) groups is 2. The molecule has 0 saturated heterocycles. The lowest BCUT2D eigenvalue weighted by atomic mass is 9.54. The molecule has 2 heterocycles. The Morgan fingerprint density at radius 1 is 1.20 bits per heavy atom. The van der Waals surface area contributed by atoms with Crippen molar-refractivity contribution in [2.24, 2.45) is 22.2 Å². The van der Waals surface area contributed by atoms with Gasteiger partial charge in [0.05, 0.1) is 17.3 Å². The van der Waals surface area contributed by atoms with Crippen LogP contribution in [0.5, 0.6) is 0 Å². The van der Waals surface area contributed by atoms with Crippen molar-refractivity contribution in [2.45, 2.75) is 52.1 Å². The highest BCUT2D eigenvalue weighted by molar-refractivity contribution is 6.03. The van der Waals surface area contributed by atoms with E-state index in [9.17, 15) is 29.9 Å². The topological polar surface area (TPSA) is 151 Å². The third kappa shape index (κ3) is 7.37. The van der Waals surface area contributed by atoms with Gasteiger partial charge < -0.3 is 19.7 Å². The predicted molar refractivity (Wildman–Crippen MR) is 172 cm³/mol. The first-order chi connectivity index (χ1) is 21.4. The Kier molecular flexibility index (Phi) is 10.7. The SMILES string of the molecule is CC1=NC(C)C(C(=O)O)(C(C)CCCN(C)CC=Cc2ccc(Cn3ccnc3)cc2)C(c2cccc([N+](=O)[O-])c2)C1C(=O)O. The molecule has 5 atom stereocenters. The van der Waals surface area contributed by atoms with Gasteiger partial charge in [0.1, 0.15) is 11.3 Å². The van der Waals surface area contributed by atoms with Crippen molar-refractivity contribution in [1.29, 1.82) is 0 Å². The predicted octanol–water partition coefficient (Wildman–Crippen LogP) is 5.62. The zero-order chi connectivity index (χ0) is 32.7. The van der Waals surface area contributed by atoms with Crippen LogP contribution in [-0.2, 0) is 16.1 Å². The zero-order valence-corrected chi connectivity index (χ0v) is 26.1. The molecule has 238 valence electrons. The number of carboxylic acids is 2. The van der Waals surface area contributed by atoms with Crippen LogP contribution in [0.25, 0.3) is 6.08 Å². The monoisotopic (exact) mass is 615 g/mol. The van der Waals surface area contributed by atoms with E-state index in [0.29, 0.717) is 37.2 Å². The standard InChI is InChI=1S/C34H41N5O6/c1-23(8-6-17-37(4)18-7-9-26-12-14-27(15-13-26)21-38-19-16-35-22-38)34(33(42)43)25(3)36-24(2)30(32(40)41)31(34)28-10-5-11-29(20-28)39(44)45/h5,7,9-16,19-20,22-23,25,30-31H,6,8,17-18,21H2,1-4H3,(H,40,41)(H,42,43). The van der Waals surface area contributed by atoms with Gasteiger partial charge in [-0.3, -0.25) is 24.7 Å². The van der Waals surface area contributed by atoms with E-state index in [1.165, 1.54) is 23.8 Å². The summed E-state index contributed by atoms with van der Waals surface area (Å²) in [5, 5.41) is 32.6. The molecule has 2 N–H and O–H groups in total. The maximum Gasteiger partial charge on any atom is 0.312 e. The smallest absolute Gasteiger partial charge is 0.312 e. The van der Waals surface area contributed by atoms with Gasteiger partial charge in [0.15, 0.2) is 0 Å². The fourth-order valence-electron chi connectivity index (χ4n) is 6.82. The van der Waals surface area contributed by atoms with Crippen LogP contribution in [0.15, 0.2) is 78.3 Å². The largest absolute Gasteiger partial charge is 0.481 e. The Hall–Kier alpha value is -4.64. The average Bonchev–Trinajstić information content (AvgIpc) is 3.50. The van der Waals surface area contributed by atoms with Gasteiger partial charge in [-0.2, -0.15) is 0 Å². The molecule has 4 rings (SSSR count). The van der Waals surface area contributed by atoms with Crippen molar-refractivity contribution in [3.8, 4) is 0 Å². The van der Waals surface area contributed by atoms with Crippen LogP contribution in [0.2, 0.25) is 0 Å². The molecule has 0 spiro atoms. The number of imidazole rings is 1. The number of benzene rings is 2. The van der Waals surface area contributed by atoms with Crippen LogP contribution < -0.4 is 0 Å². The summed E-state index contributed by atoms with van der Waals surface area (Å²) in [6.07, 6.45) is 10.8. The minimum Gasteiger partial charge on any atom is -0.481 e. The Balaban J connectivity index is 1.45. The van der Waals surface area contributed by atoms with Gasteiger partial charge in [-0.15, -0.1) is 0 Å². The van der Waals surface area contributed by atoms with Crippen LogP contribution in [-0.4, -0.2) is 73.4 Å². The number of non-ortho nitro benzene ring substituents is 1. The molecule has 0 radical (unpaired) electrons. The molecule has 45 heavy (non-hydrogen) atoms. The molecular formula is C34H41N5O6. The van der Waals surface area contributed by atoms with Crippen LogP contribution in [0.3, 0.4) is 0 Å². The summed E-state index contributed by atoms with van der Waals surface area (Å²) in [6.45, 7) is 7.30. The number of aliphatic carboxylic acids is 2. The van der Waals surface area contributed by atoms with Gasteiger partial charge in [-0.05, 0) is 62.9 Å². The summed E-state index contributed by atoms with van der Waals surface area (Å²) in [7, 11) is 2.00. The van der Waals surface area contributed by atoms with Gasteiger partial charge in [-0.25, -0.2) is 4.98 Å². The molecule has 0 aliphatic carbocycles. The Morgan fingerprint density at radius 2 is 1.93 bits per heavy atom. The minimum atomic E-state index is -1.58. The average molecular weight is 616 g/mol. The fraction of sp³-hybridized carbons (Fsp3) is 0.412. The third-order valence-electron chi connectivity index (χ3n) is 9.09. The molecule has 1 aromatic heterocycles. The first-order valence-electron chi connectivity index (χ1n) is 15.1. The van der Waals surface area contributed by atoms with Crippen molar-refractivity contribution >= 4 is 29.4 Å². The number of aromatic nitrogens is 2. The quantitative estimate of drug-likeness (QED) is 0.175. The van der Waals surface area contributed by atoms with Gasteiger partial charge in [-0.1, -0.05) is 55.5 Å². The molecule has 0 amide bonds. The minimum absolute atomic E-state index is 0.212. The highest BCUT2D eigenvalue weighted by Gasteiger charge is 2.60. The van der Waals surface area contributed by atoms with E-state index in [1.54, 1.807) is 32.4 Å². The molecule has 0 saturated carbocycles. The number of aliphatic imine (C=N–C) groups is 1. The normalized spacial score (nSPS) is 22.3. The molecule has 1 aliphatic heterocycles. The Morgan fingerprint density at radius 3 is 2.56 bits per heavy atom. The summed E-state index contributed by atoms with van der Waals surface area (Å²) in [4.78, 5) is 47.6.